The molecule has 0 saturated carbocycles. The zero-order chi connectivity index (χ0) is 15.6. The standard InChI is InChI=1S/C17H20O4/c1-10(2)14-6-5-11(3)7-16(14)20-9-13-8-15(17(18)19)12(4)21-13/h5-8,10H,9H2,1-4H3,(H,18,19). The minimum absolute atomic E-state index is 0.182. The van der Waals surface area contributed by atoms with E-state index in [1.165, 1.54) is 6.07 Å². The fraction of sp³-hybridized carbons (Fsp3) is 0.353. The van der Waals surface area contributed by atoms with Gasteiger partial charge in [-0.1, -0.05) is 26.0 Å². The number of rotatable bonds is 5. The number of hydrogen-bond donors (Lipinski definition) is 1. The minimum atomic E-state index is -0.985. The average Bonchev–Trinajstić information content (AvgIpc) is 2.77. The molecular weight excluding hydrogens is 268 g/mol. The van der Waals surface area contributed by atoms with Crippen LogP contribution in [0.5, 0.6) is 5.75 Å². The van der Waals surface area contributed by atoms with Crippen molar-refractivity contribution in [3.63, 3.8) is 0 Å². The Hall–Kier alpha value is -2.23. The summed E-state index contributed by atoms with van der Waals surface area (Å²) in [7, 11) is 0. The largest absolute Gasteiger partial charge is 0.485 e. The van der Waals surface area contributed by atoms with Gasteiger partial charge in [-0.25, -0.2) is 4.79 Å². The van der Waals surface area contributed by atoms with E-state index in [0.717, 1.165) is 16.9 Å². The Balaban J connectivity index is 2.18. The highest BCUT2D eigenvalue weighted by Gasteiger charge is 2.15. The number of furan rings is 1. The normalized spacial score (nSPS) is 10.9. The second-order valence-electron chi connectivity index (χ2n) is 5.47. The van der Waals surface area contributed by atoms with Crippen LogP contribution >= 0.6 is 0 Å². The van der Waals surface area contributed by atoms with Gasteiger partial charge in [0.15, 0.2) is 0 Å². The Morgan fingerprint density at radius 1 is 1.29 bits per heavy atom. The summed E-state index contributed by atoms with van der Waals surface area (Å²) in [6, 6.07) is 7.62. The first kappa shape index (κ1) is 15.2. The van der Waals surface area contributed by atoms with Crippen molar-refractivity contribution in [2.75, 3.05) is 0 Å². The lowest BCUT2D eigenvalue weighted by atomic mass is 10.0. The lowest BCUT2D eigenvalue weighted by molar-refractivity contribution is 0.0695. The van der Waals surface area contributed by atoms with Crippen molar-refractivity contribution in [2.24, 2.45) is 0 Å². The fourth-order valence-corrected chi connectivity index (χ4v) is 2.22. The lowest BCUT2D eigenvalue weighted by Gasteiger charge is -2.14. The maximum atomic E-state index is 11.0. The van der Waals surface area contributed by atoms with Crippen molar-refractivity contribution in [1.82, 2.24) is 0 Å². The first-order valence-electron chi connectivity index (χ1n) is 6.94. The summed E-state index contributed by atoms with van der Waals surface area (Å²) < 4.78 is 11.2. The van der Waals surface area contributed by atoms with E-state index >= 15 is 0 Å². The maximum absolute atomic E-state index is 11.0. The van der Waals surface area contributed by atoms with Crippen LogP contribution in [0.4, 0.5) is 0 Å². The molecule has 0 spiro atoms. The monoisotopic (exact) mass is 288 g/mol. The number of benzene rings is 1. The predicted octanol–water partition coefficient (Wildman–Crippen LogP) is 4.30. The molecule has 1 aromatic carbocycles. The van der Waals surface area contributed by atoms with Crippen LogP contribution in [0.2, 0.25) is 0 Å². The number of carboxylic acid groups (broad SMARTS) is 1. The molecule has 0 aliphatic carbocycles. The van der Waals surface area contributed by atoms with Crippen LogP contribution in [-0.2, 0) is 6.61 Å². The molecule has 1 aromatic heterocycles. The van der Waals surface area contributed by atoms with Crippen molar-refractivity contribution in [3.05, 3.63) is 52.5 Å². The van der Waals surface area contributed by atoms with E-state index in [2.05, 4.69) is 26.0 Å². The van der Waals surface area contributed by atoms with E-state index < -0.39 is 5.97 Å². The summed E-state index contributed by atoms with van der Waals surface area (Å²) in [6.07, 6.45) is 0. The molecule has 0 atom stereocenters. The third-order valence-corrected chi connectivity index (χ3v) is 3.36. The average molecular weight is 288 g/mol. The number of hydrogen-bond acceptors (Lipinski definition) is 3. The van der Waals surface area contributed by atoms with Gasteiger partial charge in [-0.15, -0.1) is 0 Å². The maximum Gasteiger partial charge on any atom is 0.339 e. The fourth-order valence-electron chi connectivity index (χ4n) is 2.22. The molecule has 0 amide bonds. The lowest BCUT2D eigenvalue weighted by Crippen LogP contribution is -2.00. The highest BCUT2D eigenvalue weighted by atomic mass is 16.5. The van der Waals surface area contributed by atoms with Gasteiger partial charge in [0, 0.05) is 0 Å². The Morgan fingerprint density at radius 2 is 2.00 bits per heavy atom. The molecule has 1 heterocycles. The number of aryl methyl sites for hydroxylation is 2. The zero-order valence-electron chi connectivity index (χ0n) is 12.8. The topological polar surface area (TPSA) is 59.7 Å². The van der Waals surface area contributed by atoms with Gasteiger partial charge in [-0.05, 0) is 43.0 Å². The molecule has 4 heteroatoms. The van der Waals surface area contributed by atoms with E-state index in [1.54, 1.807) is 6.92 Å². The second kappa shape index (κ2) is 6.04. The van der Waals surface area contributed by atoms with Gasteiger partial charge >= 0.3 is 5.97 Å². The van der Waals surface area contributed by atoms with E-state index in [9.17, 15) is 4.79 Å². The Kier molecular flexibility index (Phi) is 4.36. The summed E-state index contributed by atoms with van der Waals surface area (Å²) in [5.41, 5.74) is 2.43. The molecule has 4 nitrogen and oxygen atoms in total. The van der Waals surface area contributed by atoms with Gasteiger partial charge in [0.25, 0.3) is 0 Å². The smallest absolute Gasteiger partial charge is 0.339 e. The van der Waals surface area contributed by atoms with Crippen LogP contribution in [0.1, 0.15) is 52.8 Å². The van der Waals surface area contributed by atoms with Gasteiger partial charge in [-0.2, -0.15) is 0 Å². The molecule has 0 fully saturated rings. The summed E-state index contributed by atoms with van der Waals surface area (Å²) in [6.45, 7) is 8.08. The summed E-state index contributed by atoms with van der Waals surface area (Å²) >= 11 is 0. The third kappa shape index (κ3) is 3.45. The van der Waals surface area contributed by atoms with Gasteiger partial charge in [-0.3, -0.25) is 0 Å². The Morgan fingerprint density at radius 3 is 2.57 bits per heavy atom. The van der Waals surface area contributed by atoms with Crippen LogP contribution in [0.3, 0.4) is 0 Å². The van der Waals surface area contributed by atoms with Crippen LogP contribution in [0, 0.1) is 13.8 Å². The molecular formula is C17H20O4. The van der Waals surface area contributed by atoms with Crippen LogP contribution in [-0.4, -0.2) is 11.1 Å². The van der Waals surface area contributed by atoms with Crippen LogP contribution in [0.15, 0.2) is 28.7 Å². The van der Waals surface area contributed by atoms with Crippen molar-refractivity contribution in [2.45, 2.75) is 40.2 Å². The summed E-state index contributed by atoms with van der Waals surface area (Å²) in [5.74, 6) is 1.10. The SMILES string of the molecule is Cc1ccc(C(C)C)c(OCc2cc(C(=O)O)c(C)o2)c1. The number of ether oxygens (including phenoxy) is 1. The van der Waals surface area contributed by atoms with Crippen molar-refractivity contribution < 1.29 is 19.1 Å². The zero-order valence-corrected chi connectivity index (χ0v) is 12.8. The summed E-state index contributed by atoms with van der Waals surface area (Å²) in [4.78, 5) is 11.0. The molecule has 2 aromatic rings. The van der Waals surface area contributed by atoms with E-state index in [0.29, 0.717) is 17.4 Å². The molecule has 0 saturated heterocycles. The van der Waals surface area contributed by atoms with Crippen LogP contribution in [0.25, 0.3) is 0 Å². The molecule has 2 rings (SSSR count). The highest BCUT2D eigenvalue weighted by molar-refractivity contribution is 5.88. The molecule has 0 aliphatic rings. The first-order valence-corrected chi connectivity index (χ1v) is 6.94. The summed E-state index contributed by atoms with van der Waals surface area (Å²) in [5, 5.41) is 9.02. The molecule has 0 unspecified atom stereocenters. The molecule has 0 bridgehead atoms. The van der Waals surface area contributed by atoms with E-state index in [-0.39, 0.29) is 12.2 Å². The third-order valence-electron chi connectivity index (χ3n) is 3.36. The van der Waals surface area contributed by atoms with Gasteiger partial charge in [0.05, 0.1) is 0 Å². The van der Waals surface area contributed by atoms with Gasteiger partial charge in [0.1, 0.15) is 29.4 Å². The number of carboxylic acids is 1. The van der Waals surface area contributed by atoms with E-state index in [4.69, 9.17) is 14.3 Å². The van der Waals surface area contributed by atoms with Crippen molar-refractivity contribution in [1.29, 1.82) is 0 Å². The Labute approximate surface area is 124 Å². The Bertz CT molecular complexity index is 653. The number of carbonyl (C=O) groups is 1. The van der Waals surface area contributed by atoms with Crippen molar-refractivity contribution in [3.8, 4) is 5.75 Å². The minimum Gasteiger partial charge on any atom is -0.485 e. The van der Waals surface area contributed by atoms with E-state index in [1.807, 2.05) is 13.0 Å². The number of aromatic carboxylic acids is 1. The quantitative estimate of drug-likeness (QED) is 0.891. The predicted molar refractivity (Wildman–Crippen MR) is 80.0 cm³/mol. The first-order chi connectivity index (χ1) is 9.88. The molecule has 21 heavy (non-hydrogen) atoms. The molecule has 112 valence electrons. The van der Waals surface area contributed by atoms with Gasteiger partial charge in [0.2, 0.25) is 0 Å². The molecule has 1 N–H and O–H groups in total. The van der Waals surface area contributed by atoms with Crippen molar-refractivity contribution >= 4 is 5.97 Å². The highest BCUT2D eigenvalue weighted by Crippen LogP contribution is 2.28. The molecule has 0 radical (unpaired) electrons. The second-order valence-corrected chi connectivity index (χ2v) is 5.47. The van der Waals surface area contributed by atoms with Gasteiger partial charge < -0.3 is 14.3 Å². The molecule has 0 aliphatic heterocycles. The van der Waals surface area contributed by atoms with Crippen LogP contribution < -0.4 is 4.74 Å².